The smallest absolute Gasteiger partial charge is 0.261 e. The molecule has 1 N–H and O–H groups in total. The van der Waals surface area contributed by atoms with Gasteiger partial charge < -0.3 is 10.2 Å². The zero-order valence-electron chi connectivity index (χ0n) is 10.5. The van der Waals surface area contributed by atoms with Gasteiger partial charge in [0, 0.05) is 39.3 Å². The maximum absolute atomic E-state index is 11.8. The molecule has 0 aliphatic carbocycles. The van der Waals surface area contributed by atoms with Crippen molar-refractivity contribution in [3.8, 4) is 0 Å². The molecule has 4 nitrogen and oxygen atoms in total. The molecule has 0 aromatic carbocycles. The van der Waals surface area contributed by atoms with Gasteiger partial charge in [-0.15, -0.1) is 11.3 Å². The summed E-state index contributed by atoms with van der Waals surface area (Å²) in [5.74, 6) is 0.0276. The highest BCUT2D eigenvalue weighted by atomic mass is 79.9. The van der Waals surface area contributed by atoms with E-state index in [-0.39, 0.29) is 5.91 Å². The molecular formula is C12H18BrN3OS. The maximum Gasteiger partial charge on any atom is 0.261 e. The Bertz CT molecular complexity index is 402. The van der Waals surface area contributed by atoms with E-state index >= 15 is 0 Å². The minimum atomic E-state index is 0.0276. The van der Waals surface area contributed by atoms with Gasteiger partial charge >= 0.3 is 0 Å². The number of halogens is 1. The molecule has 1 amide bonds. The molecule has 100 valence electrons. The van der Waals surface area contributed by atoms with Crippen molar-refractivity contribution in [2.24, 2.45) is 0 Å². The van der Waals surface area contributed by atoms with Crippen LogP contribution in [0.1, 0.15) is 9.67 Å². The van der Waals surface area contributed by atoms with Crippen molar-refractivity contribution in [2.75, 3.05) is 46.3 Å². The Morgan fingerprint density at radius 1 is 1.39 bits per heavy atom. The molecule has 2 rings (SSSR count). The highest BCUT2D eigenvalue weighted by Crippen LogP contribution is 2.21. The van der Waals surface area contributed by atoms with Crippen molar-refractivity contribution >= 4 is 33.2 Å². The first kappa shape index (κ1) is 14.0. The first-order chi connectivity index (χ1) is 8.65. The highest BCUT2D eigenvalue weighted by Gasteiger charge is 2.14. The minimum Gasteiger partial charge on any atom is -0.350 e. The van der Waals surface area contributed by atoms with E-state index in [1.807, 2.05) is 12.1 Å². The van der Waals surface area contributed by atoms with Crippen molar-refractivity contribution in [3.63, 3.8) is 0 Å². The molecule has 1 aromatic rings. The third-order valence-corrected chi connectivity index (χ3v) is 4.73. The van der Waals surface area contributed by atoms with Crippen LogP contribution < -0.4 is 5.32 Å². The summed E-state index contributed by atoms with van der Waals surface area (Å²) in [6, 6.07) is 3.75. The van der Waals surface area contributed by atoms with Crippen LogP contribution in [-0.4, -0.2) is 62.0 Å². The number of nitrogens with one attached hydrogen (secondary N) is 1. The van der Waals surface area contributed by atoms with Crippen molar-refractivity contribution < 1.29 is 4.79 Å². The molecule has 1 aromatic heterocycles. The van der Waals surface area contributed by atoms with Crippen LogP contribution in [0.4, 0.5) is 0 Å². The van der Waals surface area contributed by atoms with E-state index in [4.69, 9.17) is 0 Å². The van der Waals surface area contributed by atoms with Gasteiger partial charge in [-0.2, -0.15) is 0 Å². The van der Waals surface area contributed by atoms with Crippen LogP contribution in [0.5, 0.6) is 0 Å². The lowest BCUT2D eigenvalue weighted by molar-refractivity contribution is 0.0945. The van der Waals surface area contributed by atoms with Gasteiger partial charge in [-0.3, -0.25) is 9.69 Å². The summed E-state index contributed by atoms with van der Waals surface area (Å²) in [6.07, 6.45) is 0. The molecule has 1 saturated heterocycles. The zero-order valence-corrected chi connectivity index (χ0v) is 12.9. The molecule has 1 fully saturated rings. The van der Waals surface area contributed by atoms with E-state index in [1.165, 1.54) is 11.3 Å². The van der Waals surface area contributed by atoms with Gasteiger partial charge in [0.25, 0.3) is 5.91 Å². The number of thiophene rings is 1. The average Bonchev–Trinajstić information content (AvgIpc) is 2.78. The Morgan fingerprint density at radius 2 is 2.11 bits per heavy atom. The van der Waals surface area contributed by atoms with Crippen LogP contribution in [0.2, 0.25) is 0 Å². The molecule has 0 bridgehead atoms. The second-order valence-corrected chi connectivity index (χ2v) is 6.97. The predicted molar refractivity (Wildman–Crippen MR) is 78.3 cm³/mol. The van der Waals surface area contributed by atoms with E-state index in [9.17, 15) is 4.79 Å². The molecule has 1 aliphatic heterocycles. The van der Waals surface area contributed by atoms with Gasteiger partial charge in [0.2, 0.25) is 0 Å². The van der Waals surface area contributed by atoms with E-state index in [1.54, 1.807) is 0 Å². The number of likely N-dealkylation sites (N-methyl/N-ethyl adjacent to an activating group) is 1. The molecule has 0 radical (unpaired) electrons. The van der Waals surface area contributed by atoms with Gasteiger partial charge in [-0.05, 0) is 35.1 Å². The first-order valence-electron chi connectivity index (χ1n) is 6.09. The fraction of sp³-hybridized carbons (Fsp3) is 0.583. The number of hydrogen-bond acceptors (Lipinski definition) is 4. The number of piperazine rings is 1. The number of carbonyl (C=O) groups excluding carboxylic acids is 1. The summed E-state index contributed by atoms with van der Waals surface area (Å²) in [4.78, 5) is 17.3. The lowest BCUT2D eigenvalue weighted by Gasteiger charge is -2.32. The van der Waals surface area contributed by atoms with Gasteiger partial charge in [0.05, 0.1) is 8.66 Å². The van der Waals surface area contributed by atoms with Crippen molar-refractivity contribution in [2.45, 2.75) is 0 Å². The molecule has 1 aliphatic rings. The standard InChI is InChI=1S/C12H18BrN3OS/c1-15-6-8-16(9-7-15)5-4-14-12(17)10-2-3-11(13)18-10/h2-3H,4-9H2,1H3,(H,14,17). The van der Waals surface area contributed by atoms with E-state index in [0.29, 0.717) is 0 Å². The van der Waals surface area contributed by atoms with Crippen LogP contribution in [-0.2, 0) is 0 Å². The normalized spacial score (nSPS) is 17.9. The SMILES string of the molecule is CN1CCN(CCNC(=O)c2ccc(Br)s2)CC1. The fourth-order valence-electron chi connectivity index (χ4n) is 1.92. The van der Waals surface area contributed by atoms with E-state index in [0.717, 1.165) is 47.9 Å². The van der Waals surface area contributed by atoms with Gasteiger partial charge in [0.15, 0.2) is 0 Å². The van der Waals surface area contributed by atoms with Crippen LogP contribution in [0, 0.1) is 0 Å². The Balaban J connectivity index is 1.67. The monoisotopic (exact) mass is 331 g/mol. The van der Waals surface area contributed by atoms with Crippen LogP contribution in [0.15, 0.2) is 15.9 Å². The van der Waals surface area contributed by atoms with Crippen LogP contribution >= 0.6 is 27.3 Å². The molecule has 2 heterocycles. The average molecular weight is 332 g/mol. The summed E-state index contributed by atoms with van der Waals surface area (Å²) in [6.45, 7) is 6.08. The first-order valence-corrected chi connectivity index (χ1v) is 7.70. The largest absolute Gasteiger partial charge is 0.350 e. The number of amides is 1. The van der Waals surface area contributed by atoms with Crippen LogP contribution in [0.25, 0.3) is 0 Å². The molecular weight excluding hydrogens is 314 g/mol. The third kappa shape index (κ3) is 4.05. The summed E-state index contributed by atoms with van der Waals surface area (Å²) in [5.41, 5.74) is 0. The number of rotatable bonds is 4. The second-order valence-electron chi connectivity index (χ2n) is 4.50. The molecule has 0 saturated carbocycles. The summed E-state index contributed by atoms with van der Waals surface area (Å²) < 4.78 is 0.992. The molecule has 0 spiro atoms. The van der Waals surface area contributed by atoms with Gasteiger partial charge in [-0.25, -0.2) is 0 Å². The summed E-state index contributed by atoms with van der Waals surface area (Å²) in [5, 5.41) is 2.97. The van der Waals surface area contributed by atoms with Crippen molar-refractivity contribution in [1.82, 2.24) is 15.1 Å². The topological polar surface area (TPSA) is 35.6 Å². The Morgan fingerprint density at radius 3 is 2.72 bits per heavy atom. The predicted octanol–water partition coefficient (Wildman–Crippen LogP) is 1.49. The Hall–Kier alpha value is -0.430. The molecule has 0 atom stereocenters. The van der Waals surface area contributed by atoms with E-state index in [2.05, 4.69) is 38.1 Å². The lowest BCUT2D eigenvalue weighted by Crippen LogP contribution is -2.46. The number of hydrogen-bond donors (Lipinski definition) is 1. The summed E-state index contributed by atoms with van der Waals surface area (Å²) in [7, 11) is 2.15. The lowest BCUT2D eigenvalue weighted by atomic mass is 10.3. The molecule has 18 heavy (non-hydrogen) atoms. The van der Waals surface area contributed by atoms with Crippen LogP contribution in [0.3, 0.4) is 0 Å². The maximum atomic E-state index is 11.8. The zero-order chi connectivity index (χ0) is 13.0. The Kier molecular flexibility index (Phi) is 5.17. The van der Waals surface area contributed by atoms with Crippen molar-refractivity contribution in [1.29, 1.82) is 0 Å². The second kappa shape index (κ2) is 6.65. The van der Waals surface area contributed by atoms with Gasteiger partial charge in [0.1, 0.15) is 0 Å². The van der Waals surface area contributed by atoms with Crippen molar-refractivity contribution in [3.05, 3.63) is 20.8 Å². The summed E-state index contributed by atoms with van der Waals surface area (Å²) >= 11 is 4.83. The third-order valence-electron chi connectivity index (χ3n) is 3.11. The number of carbonyl (C=O) groups is 1. The van der Waals surface area contributed by atoms with E-state index < -0.39 is 0 Å². The molecule has 0 unspecified atom stereocenters. The fourth-order valence-corrected chi connectivity index (χ4v) is 3.22. The quantitative estimate of drug-likeness (QED) is 0.907. The van der Waals surface area contributed by atoms with Gasteiger partial charge in [-0.1, -0.05) is 0 Å². The minimum absolute atomic E-state index is 0.0276. The highest BCUT2D eigenvalue weighted by molar-refractivity contribution is 9.11. The molecule has 6 heteroatoms. The Labute approximate surface area is 120 Å². The number of nitrogens with zero attached hydrogens (tertiary/aromatic N) is 2.